The van der Waals surface area contributed by atoms with Crippen LogP contribution < -0.4 is 11.5 Å². The van der Waals surface area contributed by atoms with Crippen molar-refractivity contribution in [2.75, 3.05) is 11.5 Å². The van der Waals surface area contributed by atoms with E-state index in [-0.39, 0.29) is 0 Å². The molecule has 2 heterocycles. The van der Waals surface area contributed by atoms with Crippen molar-refractivity contribution < 1.29 is 0 Å². The Kier molecular flexibility index (Phi) is 6.05. The number of anilines is 2. The monoisotopic (exact) mass is 566 g/mol. The zero-order chi connectivity index (χ0) is 29.6. The van der Waals surface area contributed by atoms with Gasteiger partial charge in [-0.25, -0.2) is 0 Å². The van der Waals surface area contributed by atoms with Crippen molar-refractivity contribution in [3.05, 3.63) is 158 Å². The van der Waals surface area contributed by atoms with Gasteiger partial charge >= 0.3 is 0 Å². The average Bonchev–Trinajstić information content (AvgIpc) is 3.55. The van der Waals surface area contributed by atoms with Gasteiger partial charge in [0.2, 0.25) is 0 Å². The predicted molar refractivity (Wildman–Crippen MR) is 185 cm³/mol. The van der Waals surface area contributed by atoms with Gasteiger partial charge in [0.05, 0.1) is 45.2 Å². The number of nitrogen functional groups attached to an aromatic ring is 2. The zero-order valence-electron chi connectivity index (χ0n) is 24.1. The summed E-state index contributed by atoms with van der Waals surface area (Å²) in [5.74, 6) is 0. The first-order chi connectivity index (χ1) is 21.7. The van der Waals surface area contributed by atoms with Crippen LogP contribution in [-0.2, 0) is 0 Å². The van der Waals surface area contributed by atoms with Crippen LogP contribution in [0.1, 0.15) is 0 Å². The van der Waals surface area contributed by atoms with Crippen LogP contribution >= 0.6 is 0 Å². The van der Waals surface area contributed by atoms with Crippen LogP contribution in [0.4, 0.5) is 11.4 Å². The van der Waals surface area contributed by atoms with Gasteiger partial charge in [-0.15, -0.1) is 0 Å². The Hall–Kier alpha value is -6.00. The summed E-state index contributed by atoms with van der Waals surface area (Å²) in [6.45, 7) is 0. The molecule has 0 amide bonds. The van der Waals surface area contributed by atoms with Crippen LogP contribution in [0.3, 0.4) is 0 Å². The van der Waals surface area contributed by atoms with E-state index in [1.807, 2.05) is 24.3 Å². The first kappa shape index (κ1) is 25.7. The van der Waals surface area contributed by atoms with Crippen molar-refractivity contribution in [3.63, 3.8) is 0 Å². The number of aromatic nitrogens is 2. The van der Waals surface area contributed by atoms with E-state index in [4.69, 9.17) is 11.5 Å². The molecule has 8 aromatic rings. The molecule has 210 valence electrons. The Labute approximate surface area is 256 Å². The van der Waals surface area contributed by atoms with Crippen LogP contribution in [-0.4, -0.2) is 9.13 Å². The molecule has 0 atom stereocenters. The number of nitrogens with two attached hydrogens (primary N) is 2. The molecular weight excluding hydrogens is 536 g/mol. The van der Waals surface area contributed by atoms with E-state index in [0.29, 0.717) is 11.4 Å². The second-order valence-electron chi connectivity index (χ2n) is 11.0. The van der Waals surface area contributed by atoms with E-state index in [1.165, 1.54) is 0 Å². The highest BCUT2D eigenvalue weighted by molar-refractivity contribution is 6.10. The van der Waals surface area contributed by atoms with Crippen molar-refractivity contribution in [2.45, 2.75) is 0 Å². The highest BCUT2D eigenvalue weighted by Crippen LogP contribution is 2.47. The molecular formula is C40H30N4. The highest BCUT2D eigenvalue weighted by Gasteiger charge is 2.27. The molecule has 4 nitrogen and oxygen atoms in total. The lowest BCUT2D eigenvalue weighted by Gasteiger charge is -2.20. The normalized spacial score (nSPS) is 11.4. The van der Waals surface area contributed by atoms with E-state index in [1.54, 1.807) is 0 Å². The molecule has 0 fully saturated rings. The smallest absolute Gasteiger partial charge is 0.0964 e. The maximum atomic E-state index is 7.20. The topological polar surface area (TPSA) is 61.9 Å². The van der Waals surface area contributed by atoms with Crippen molar-refractivity contribution in [3.8, 4) is 45.0 Å². The van der Waals surface area contributed by atoms with Crippen LogP contribution in [0.25, 0.3) is 66.8 Å². The van der Waals surface area contributed by atoms with Gasteiger partial charge in [0.1, 0.15) is 0 Å². The predicted octanol–water partition coefficient (Wildman–Crippen LogP) is 9.74. The van der Waals surface area contributed by atoms with Crippen LogP contribution in [0, 0.1) is 0 Å². The Morgan fingerprint density at radius 1 is 0.341 bits per heavy atom. The summed E-state index contributed by atoms with van der Waals surface area (Å²) in [6, 6.07) is 54.7. The molecule has 0 saturated heterocycles. The minimum Gasteiger partial charge on any atom is -0.396 e. The summed E-state index contributed by atoms with van der Waals surface area (Å²) in [5.41, 5.74) is 26.1. The Bertz CT molecular complexity index is 2130. The molecule has 8 rings (SSSR count). The first-order valence-corrected chi connectivity index (χ1v) is 14.8. The van der Waals surface area contributed by atoms with Crippen molar-refractivity contribution in [1.29, 1.82) is 0 Å². The molecule has 0 unspecified atom stereocenters. The number of hydrogen-bond donors (Lipinski definition) is 2. The lowest BCUT2D eigenvalue weighted by molar-refractivity contribution is 1.08. The summed E-state index contributed by atoms with van der Waals surface area (Å²) in [7, 11) is 0. The number of benzene rings is 6. The van der Waals surface area contributed by atoms with Crippen LogP contribution in [0.15, 0.2) is 158 Å². The van der Waals surface area contributed by atoms with Gasteiger partial charge in [-0.1, -0.05) is 133 Å². The van der Waals surface area contributed by atoms with Crippen LogP contribution in [0.2, 0.25) is 0 Å². The fraction of sp³-hybridized carbons (Fsp3) is 0. The third-order valence-corrected chi connectivity index (χ3v) is 8.51. The lowest BCUT2D eigenvalue weighted by Crippen LogP contribution is -2.07. The number of hydrogen-bond acceptors (Lipinski definition) is 2. The van der Waals surface area contributed by atoms with E-state index in [9.17, 15) is 0 Å². The second-order valence-corrected chi connectivity index (χ2v) is 11.0. The van der Waals surface area contributed by atoms with Gasteiger partial charge in [-0.3, -0.25) is 0 Å². The van der Waals surface area contributed by atoms with E-state index in [0.717, 1.165) is 66.8 Å². The van der Waals surface area contributed by atoms with E-state index in [2.05, 4.69) is 143 Å². The molecule has 0 spiro atoms. The Balaban J connectivity index is 1.53. The summed E-state index contributed by atoms with van der Waals surface area (Å²) in [4.78, 5) is 0. The largest absolute Gasteiger partial charge is 0.396 e. The molecule has 0 aliphatic carbocycles. The second kappa shape index (κ2) is 10.4. The quantitative estimate of drug-likeness (QED) is 0.218. The third-order valence-electron chi connectivity index (χ3n) is 8.51. The van der Waals surface area contributed by atoms with E-state index >= 15 is 0 Å². The summed E-state index contributed by atoms with van der Waals surface area (Å²) >= 11 is 0. The molecule has 2 aromatic heterocycles. The molecule has 0 aliphatic rings. The Morgan fingerprint density at radius 3 is 1.11 bits per heavy atom. The molecule has 6 aromatic carbocycles. The van der Waals surface area contributed by atoms with Gasteiger partial charge in [0.25, 0.3) is 0 Å². The summed E-state index contributed by atoms with van der Waals surface area (Å²) < 4.78 is 4.58. The van der Waals surface area contributed by atoms with Gasteiger partial charge in [-0.2, -0.15) is 0 Å². The first-order valence-electron chi connectivity index (χ1n) is 14.8. The molecule has 4 N–H and O–H groups in total. The van der Waals surface area contributed by atoms with Crippen LogP contribution in [0.5, 0.6) is 0 Å². The molecule has 0 aliphatic heterocycles. The highest BCUT2D eigenvalue weighted by atomic mass is 15.1. The fourth-order valence-corrected chi connectivity index (χ4v) is 6.56. The SMILES string of the molecule is Nc1c(-c2c(N)c3ccccc3n2-c2ccccc2-c2ccccc2)n(-c2ccccc2-c2ccccc2)c2ccccc12. The van der Waals surface area contributed by atoms with Crippen molar-refractivity contribution >= 4 is 33.2 Å². The molecule has 4 heteroatoms. The standard InChI is InChI=1S/C40H30N4/c41-37-31-21-9-13-25-35(31)43(33-23-11-7-19-29(33)27-15-3-1-4-16-27)39(37)40-38(42)32-22-10-14-26-36(32)44(40)34-24-12-8-20-30(34)28-17-5-2-6-18-28/h1-26H,41-42H2. The Morgan fingerprint density at radius 2 is 0.682 bits per heavy atom. The fourth-order valence-electron chi connectivity index (χ4n) is 6.56. The maximum absolute atomic E-state index is 7.20. The van der Waals surface area contributed by atoms with Crippen molar-refractivity contribution in [2.24, 2.45) is 0 Å². The lowest BCUT2D eigenvalue weighted by atomic mass is 10.0. The zero-order valence-corrected chi connectivity index (χ0v) is 24.1. The minimum atomic E-state index is 0.691. The maximum Gasteiger partial charge on any atom is 0.0964 e. The molecule has 0 saturated carbocycles. The van der Waals surface area contributed by atoms with E-state index < -0.39 is 0 Å². The van der Waals surface area contributed by atoms with Gasteiger partial charge < -0.3 is 20.6 Å². The molecule has 0 radical (unpaired) electrons. The minimum absolute atomic E-state index is 0.691. The average molecular weight is 567 g/mol. The number of nitrogens with zero attached hydrogens (tertiary/aromatic N) is 2. The summed E-state index contributed by atoms with van der Waals surface area (Å²) in [6.07, 6.45) is 0. The third kappa shape index (κ3) is 3.92. The number of fused-ring (bicyclic) bond motifs is 2. The number of para-hydroxylation sites is 4. The van der Waals surface area contributed by atoms with Gasteiger partial charge in [-0.05, 0) is 35.4 Å². The molecule has 44 heavy (non-hydrogen) atoms. The summed E-state index contributed by atoms with van der Waals surface area (Å²) in [5, 5.41) is 1.97. The molecule has 0 bridgehead atoms. The van der Waals surface area contributed by atoms with Gasteiger partial charge in [0, 0.05) is 21.9 Å². The number of rotatable bonds is 5. The van der Waals surface area contributed by atoms with Crippen molar-refractivity contribution in [1.82, 2.24) is 9.13 Å². The van der Waals surface area contributed by atoms with Gasteiger partial charge in [0.15, 0.2) is 0 Å².